The number of carbonyl (C=O) groups is 3. The van der Waals surface area contributed by atoms with E-state index in [0.717, 1.165) is 17.7 Å². The summed E-state index contributed by atoms with van der Waals surface area (Å²) in [6, 6.07) is 0. The third kappa shape index (κ3) is 12.4. The van der Waals surface area contributed by atoms with Gasteiger partial charge < -0.3 is 5.32 Å². The van der Waals surface area contributed by atoms with E-state index in [4.69, 9.17) is 0 Å². The van der Waals surface area contributed by atoms with E-state index in [0.29, 0.717) is 6.54 Å². The molecule has 0 rings (SSSR count). The van der Waals surface area contributed by atoms with E-state index in [1.165, 1.54) is 26.2 Å². The van der Waals surface area contributed by atoms with E-state index in [1.54, 1.807) is 6.92 Å². The van der Waals surface area contributed by atoms with Crippen LogP contribution in [0.2, 0.25) is 0 Å². The van der Waals surface area contributed by atoms with Gasteiger partial charge in [-0.3, -0.25) is 19.3 Å². The molecule has 0 spiro atoms. The summed E-state index contributed by atoms with van der Waals surface area (Å²) in [4.78, 5) is 35.5. The van der Waals surface area contributed by atoms with Crippen LogP contribution in [0.1, 0.15) is 79.6 Å². The van der Waals surface area contributed by atoms with E-state index >= 15 is 0 Å². The van der Waals surface area contributed by atoms with Gasteiger partial charge in [-0.2, -0.15) is 0 Å². The van der Waals surface area contributed by atoms with Crippen molar-refractivity contribution in [3.8, 4) is 0 Å². The standard InChI is InChI=1S/C15H28N2O3.C2H6/c1-4-6-7-8-9-11-16-14(19)10-12-17(13(3)18)15(20)5-2;1-2/h4-12H2,1-3H3,(H,16,19);1-2H3. The average molecular weight is 314 g/mol. The van der Waals surface area contributed by atoms with Crippen molar-refractivity contribution in [3.05, 3.63) is 0 Å². The summed E-state index contributed by atoms with van der Waals surface area (Å²) in [5.41, 5.74) is 0. The van der Waals surface area contributed by atoms with Crippen LogP contribution >= 0.6 is 0 Å². The molecule has 3 amide bonds. The van der Waals surface area contributed by atoms with Gasteiger partial charge in [-0.25, -0.2) is 0 Å². The first kappa shape index (κ1) is 22.9. The number of rotatable bonds is 10. The predicted octanol–water partition coefficient (Wildman–Crippen LogP) is 3.27. The fourth-order valence-electron chi connectivity index (χ4n) is 1.91. The minimum absolute atomic E-state index is 0.101. The van der Waals surface area contributed by atoms with Crippen LogP contribution in [0, 0.1) is 0 Å². The first-order chi connectivity index (χ1) is 10.5. The molecule has 5 heteroatoms. The third-order valence-corrected chi connectivity index (χ3v) is 3.15. The van der Waals surface area contributed by atoms with Crippen molar-refractivity contribution in [1.82, 2.24) is 10.2 Å². The predicted molar refractivity (Wildman–Crippen MR) is 90.4 cm³/mol. The van der Waals surface area contributed by atoms with E-state index in [1.807, 2.05) is 13.8 Å². The van der Waals surface area contributed by atoms with Crippen LogP contribution in [-0.4, -0.2) is 35.7 Å². The minimum atomic E-state index is -0.302. The second-order valence-electron chi connectivity index (χ2n) is 4.93. The first-order valence-corrected chi connectivity index (χ1v) is 8.60. The van der Waals surface area contributed by atoms with Gasteiger partial charge in [-0.15, -0.1) is 0 Å². The molecule has 130 valence electrons. The van der Waals surface area contributed by atoms with Crippen molar-refractivity contribution in [2.75, 3.05) is 13.1 Å². The maximum Gasteiger partial charge on any atom is 0.228 e. The lowest BCUT2D eigenvalue weighted by Crippen LogP contribution is -2.38. The third-order valence-electron chi connectivity index (χ3n) is 3.15. The number of nitrogens with zero attached hydrogens (tertiary/aromatic N) is 1. The molecule has 0 aliphatic carbocycles. The van der Waals surface area contributed by atoms with Crippen molar-refractivity contribution in [3.63, 3.8) is 0 Å². The summed E-state index contributed by atoms with van der Waals surface area (Å²) < 4.78 is 0. The Morgan fingerprint density at radius 1 is 0.955 bits per heavy atom. The molecule has 0 atom stereocenters. The molecule has 0 aliphatic heterocycles. The Kier molecular flexibility index (Phi) is 16.6. The number of unbranched alkanes of at least 4 members (excludes halogenated alkanes) is 4. The van der Waals surface area contributed by atoms with Crippen LogP contribution in [0.15, 0.2) is 0 Å². The molecule has 0 aliphatic rings. The van der Waals surface area contributed by atoms with Crippen LogP contribution in [0.5, 0.6) is 0 Å². The van der Waals surface area contributed by atoms with E-state index in [-0.39, 0.29) is 37.1 Å². The second kappa shape index (κ2) is 16.0. The quantitative estimate of drug-likeness (QED) is 0.629. The van der Waals surface area contributed by atoms with Crippen molar-refractivity contribution in [1.29, 1.82) is 0 Å². The zero-order chi connectivity index (χ0) is 17.4. The van der Waals surface area contributed by atoms with Gasteiger partial charge in [-0.1, -0.05) is 53.4 Å². The summed E-state index contributed by atoms with van der Waals surface area (Å²) >= 11 is 0. The van der Waals surface area contributed by atoms with Crippen LogP contribution in [0.3, 0.4) is 0 Å². The van der Waals surface area contributed by atoms with Crippen molar-refractivity contribution in [2.45, 2.75) is 79.6 Å². The van der Waals surface area contributed by atoms with Crippen LogP contribution in [-0.2, 0) is 14.4 Å². The van der Waals surface area contributed by atoms with Crippen LogP contribution < -0.4 is 5.32 Å². The highest BCUT2D eigenvalue weighted by Gasteiger charge is 2.16. The molecule has 0 radical (unpaired) electrons. The lowest BCUT2D eigenvalue weighted by Gasteiger charge is -2.17. The van der Waals surface area contributed by atoms with Gasteiger partial charge >= 0.3 is 0 Å². The summed E-state index contributed by atoms with van der Waals surface area (Å²) in [5.74, 6) is -0.635. The molecule has 0 aromatic carbocycles. The largest absolute Gasteiger partial charge is 0.356 e. The Morgan fingerprint density at radius 2 is 1.55 bits per heavy atom. The normalized spacial score (nSPS) is 9.50. The number of carbonyl (C=O) groups excluding carboxylic acids is 3. The molecular weight excluding hydrogens is 280 g/mol. The zero-order valence-corrected chi connectivity index (χ0v) is 15.0. The molecule has 0 aromatic heterocycles. The van der Waals surface area contributed by atoms with Crippen LogP contribution in [0.4, 0.5) is 0 Å². The van der Waals surface area contributed by atoms with Crippen molar-refractivity contribution >= 4 is 17.7 Å². The molecule has 0 fully saturated rings. The Bertz CT molecular complexity index is 317. The number of hydrogen-bond donors (Lipinski definition) is 1. The van der Waals surface area contributed by atoms with Gasteiger partial charge in [-0.05, 0) is 6.42 Å². The lowest BCUT2D eigenvalue weighted by atomic mass is 10.1. The molecule has 0 bridgehead atoms. The number of hydrogen-bond acceptors (Lipinski definition) is 3. The second-order valence-corrected chi connectivity index (χ2v) is 4.93. The van der Waals surface area contributed by atoms with E-state index in [9.17, 15) is 14.4 Å². The van der Waals surface area contributed by atoms with E-state index in [2.05, 4.69) is 12.2 Å². The van der Waals surface area contributed by atoms with Gasteiger partial charge in [0.25, 0.3) is 0 Å². The fraction of sp³-hybridized carbons (Fsp3) is 0.824. The summed E-state index contributed by atoms with van der Waals surface area (Å²) in [6.07, 6.45) is 6.21. The Hall–Kier alpha value is -1.39. The molecule has 5 nitrogen and oxygen atoms in total. The fourth-order valence-corrected chi connectivity index (χ4v) is 1.91. The Labute approximate surface area is 135 Å². The zero-order valence-electron chi connectivity index (χ0n) is 15.0. The molecule has 1 N–H and O–H groups in total. The SMILES string of the molecule is CC.CCCCCCCNC(=O)CCN(C(C)=O)C(=O)CC. The van der Waals surface area contributed by atoms with Crippen molar-refractivity contribution < 1.29 is 14.4 Å². The summed E-state index contributed by atoms with van der Waals surface area (Å²) in [7, 11) is 0. The molecule has 0 aromatic rings. The smallest absolute Gasteiger partial charge is 0.228 e. The molecular formula is C17H34N2O3. The monoisotopic (exact) mass is 314 g/mol. The van der Waals surface area contributed by atoms with Gasteiger partial charge in [0.05, 0.1) is 0 Å². The van der Waals surface area contributed by atoms with Crippen molar-refractivity contribution in [2.24, 2.45) is 0 Å². The highest BCUT2D eigenvalue weighted by atomic mass is 16.2. The maximum absolute atomic E-state index is 11.6. The lowest BCUT2D eigenvalue weighted by molar-refractivity contribution is -0.143. The topological polar surface area (TPSA) is 66.5 Å². The van der Waals surface area contributed by atoms with Crippen LogP contribution in [0.25, 0.3) is 0 Å². The molecule has 0 saturated carbocycles. The number of nitrogens with one attached hydrogen (secondary N) is 1. The molecule has 0 saturated heterocycles. The Balaban J connectivity index is 0. The minimum Gasteiger partial charge on any atom is -0.356 e. The highest BCUT2D eigenvalue weighted by Crippen LogP contribution is 2.01. The Morgan fingerprint density at radius 3 is 2.05 bits per heavy atom. The maximum atomic E-state index is 11.6. The van der Waals surface area contributed by atoms with Gasteiger partial charge in [0.15, 0.2) is 0 Å². The molecule has 22 heavy (non-hydrogen) atoms. The van der Waals surface area contributed by atoms with Gasteiger partial charge in [0, 0.05) is 32.9 Å². The molecule has 0 unspecified atom stereocenters. The average Bonchev–Trinajstić information content (AvgIpc) is 2.52. The number of imide groups is 1. The first-order valence-electron chi connectivity index (χ1n) is 8.60. The van der Waals surface area contributed by atoms with E-state index < -0.39 is 0 Å². The molecule has 0 heterocycles. The highest BCUT2D eigenvalue weighted by molar-refractivity contribution is 5.94. The number of amides is 3. The summed E-state index contributed by atoms with van der Waals surface area (Å²) in [6.45, 7) is 10.1. The summed E-state index contributed by atoms with van der Waals surface area (Å²) in [5, 5.41) is 2.82. The van der Waals surface area contributed by atoms with Gasteiger partial charge in [0.2, 0.25) is 17.7 Å². The van der Waals surface area contributed by atoms with Gasteiger partial charge in [0.1, 0.15) is 0 Å².